The van der Waals surface area contributed by atoms with Crippen LogP contribution >= 0.6 is 0 Å². The van der Waals surface area contributed by atoms with E-state index in [9.17, 15) is 0 Å². The summed E-state index contributed by atoms with van der Waals surface area (Å²) < 4.78 is 27.9. The quantitative estimate of drug-likeness (QED) is 0.151. The van der Waals surface area contributed by atoms with Crippen LogP contribution in [-0.4, -0.2) is 0 Å². The summed E-state index contributed by atoms with van der Waals surface area (Å²) in [6, 6.07) is 93.2. The van der Waals surface area contributed by atoms with Gasteiger partial charge in [-0.15, -0.1) is 0 Å². The Morgan fingerprint density at radius 3 is 1.35 bits per heavy atom. The maximum absolute atomic E-state index is 7.58. The Hall–Kier alpha value is -10.3. The van der Waals surface area contributed by atoms with Gasteiger partial charge in [0.25, 0.3) is 0 Å². The first kappa shape index (κ1) is 43.9. The topological polar surface area (TPSA) is 59.0 Å². The van der Waals surface area contributed by atoms with Crippen LogP contribution in [0.4, 0.5) is 28.4 Å². The molecule has 15 aromatic rings. The Morgan fingerprint density at radius 2 is 0.785 bits per heavy atom. The Morgan fingerprint density at radius 1 is 0.342 bits per heavy atom. The molecule has 372 valence electrons. The van der Waals surface area contributed by atoms with Crippen molar-refractivity contribution in [1.82, 2.24) is 0 Å². The van der Waals surface area contributed by atoms with Crippen LogP contribution in [0.15, 0.2) is 285 Å². The molecule has 0 N–H and O–H groups in total. The van der Waals surface area contributed by atoms with Crippen LogP contribution < -0.4 is 9.80 Å². The number of nitrogens with zero attached hydrogens (tertiary/aromatic N) is 2. The van der Waals surface area contributed by atoms with E-state index in [1.54, 1.807) is 0 Å². The fourth-order valence-corrected chi connectivity index (χ4v) is 13.8. The smallest absolute Gasteiger partial charge is 0.159 e. The van der Waals surface area contributed by atoms with Gasteiger partial charge < -0.3 is 27.5 Å². The minimum Gasteiger partial charge on any atom is -0.460 e. The summed E-state index contributed by atoms with van der Waals surface area (Å²) >= 11 is 0. The molecule has 0 saturated heterocycles. The summed E-state index contributed by atoms with van der Waals surface area (Å²) in [7, 11) is 0. The van der Waals surface area contributed by atoms with Crippen molar-refractivity contribution >= 4 is 111 Å². The van der Waals surface area contributed by atoms with Crippen molar-refractivity contribution in [3.05, 3.63) is 301 Å². The molecule has 6 nitrogen and oxygen atoms in total. The molecule has 79 heavy (non-hydrogen) atoms. The average molecular weight is 1020 g/mol. The van der Waals surface area contributed by atoms with E-state index in [1.165, 1.54) is 22.3 Å². The van der Waals surface area contributed by atoms with Gasteiger partial charge in [0.05, 0.1) is 22.7 Å². The molecule has 0 amide bonds. The minimum absolute atomic E-state index is 0.244. The fourth-order valence-electron chi connectivity index (χ4n) is 13.8. The summed E-state index contributed by atoms with van der Waals surface area (Å²) in [5.41, 5.74) is 16.9. The second-order valence-electron chi connectivity index (χ2n) is 21.0. The van der Waals surface area contributed by atoms with Gasteiger partial charge >= 0.3 is 0 Å². The summed E-state index contributed by atoms with van der Waals surface area (Å²) in [4.78, 5) is 4.83. The lowest BCUT2D eigenvalue weighted by Gasteiger charge is -2.41. The molecule has 0 saturated carbocycles. The highest BCUT2D eigenvalue weighted by atomic mass is 16.3. The van der Waals surface area contributed by atoms with E-state index in [2.05, 4.69) is 252 Å². The molecular weight excluding hydrogens is 969 g/mol. The lowest BCUT2D eigenvalue weighted by molar-refractivity contribution is 0.402. The van der Waals surface area contributed by atoms with Crippen molar-refractivity contribution in [2.24, 2.45) is 5.92 Å². The number of rotatable bonds is 8. The molecule has 11 aromatic carbocycles. The van der Waals surface area contributed by atoms with Crippen LogP contribution in [0.25, 0.3) is 82.5 Å². The number of anilines is 5. The van der Waals surface area contributed by atoms with E-state index in [-0.39, 0.29) is 11.8 Å². The molecule has 4 heterocycles. The highest BCUT2D eigenvalue weighted by Crippen LogP contribution is 2.67. The van der Waals surface area contributed by atoms with Crippen molar-refractivity contribution in [3.8, 4) is 0 Å². The zero-order chi connectivity index (χ0) is 51.8. The second-order valence-corrected chi connectivity index (χ2v) is 21.0. The lowest BCUT2D eigenvalue weighted by Crippen LogP contribution is -2.37. The highest BCUT2D eigenvalue weighted by Gasteiger charge is 2.59. The molecule has 0 spiro atoms. The van der Waals surface area contributed by atoms with Crippen LogP contribution in [-0.2, 0) is 5.41 Å². The molecule has 2 aliphatic carbocycles. The maximum Gasteiger partial charge on any atom is 0.159 e. The average Bonchev–Trinajstić information content (AvgIpc) is 4.33. The minimum atomic E-state index is -0.800. The van der Waals surface area contributed by atoms with Crippen molar-refractivity contribution < 1.29 is 17.7 Å². The number of hydrogen-bond acceptors (Lipinski definition) is 6. The molecule has 0 aliphatic heterocycles. The van der Waals surface area contributed by atoms with Gasteiger partial charge in [-0.3, -0.25) is 0 Å². The molecule has 6 heteroatoms. The number of fused-ring (bicyclic) bond motifs is 17. The number of hydrogen-bond donors (Lipinski definition) is 0. The number of furan rings is 4. The maximum atomic E-state index is 7.58. The van der Waals surface area contributed by atoms with Gasteiger partial charge in [-0.05, 0) is 113 Å². The van der Waals surface area contributed by atoms with Crippen LogP contribution in [0.1, 0.15) is 39.5 Å². The van der Waals surface area contributed by atoms with E-state index in [0.29, 0.717) is 0 Å². The van der Waals surface area contributed by atoms with Crippen molar-refractivity contribution in [1.29, 1.82) is 0 Å². The highest BCUT2D eigenvalue weighted by molar-refractivity contribution is 6.15. The zero-order valence-corrected chi connectivity index (χ0v) is 42.6. The number of para-hydroxylation sites is 6. The molecule has 0 fully saturated rings. The first-order valence-corrected chi connectivity index (χ1v) is 27.1. The largest absolute Gasteiger partial charge is 0.460 e. The molecule has 2 atom stereocenters. The van der Waals surface area contributed by atoms with Crippen LogP contribution in [0.2, 0.25) is 0 Å². The lowest BCUT2D eigenvalue weighted by atomic mass is 9.62. The van der Waals surface area contributed by atoms with Crippen molar-refractivity contribution in [2.75, 3.05) is 9.80 Å². The Labute approximate surface area is 453 Å². The van der Waals surface area contributed by atoms with E-state index in [4.69, 9.17) is 17.7 Å². The first-order chi connectivity index (χ1) is 39.2. The third kappa shape index (κ3) is 6.28. The van der Waals surface area contributed by atoms with Gasteiger partial charge in [0, 0.05) is 71.9 Å². The predicted octanol–water partition coefficient (Wildman–Crippen LogP) is 19.9. The number of allylic oxidation sites excluding steroid dienone is 1. The molecule has 0 radical (unpaired) electrons. The Bertz CT molecular complexity index is 4890. The van der Waals surface area contributed by atoms with Gasteiger partial charge in [0.1, 0.15) is 39.3 Å². The van der Waals surface area contributed by atoms with Crippen LogP contribution in [0, 0.1) is 5.92 Å². The van der Waals surface area contributed by atoms with Gasteiger partial charge in [-0.1, -0.05) is 176 Å². The van der Waals surface area contributed by atoms with E-state index in [1.807, 2.05) is 24.3 Å². The van der Waals surface area contributed by atoms with Gasteiger partial charge in [0.2, 0.25) is 0 Å². The SMILES string of the molecule is C1=C(N(c2ccccc2)c2ccc3oc4ccccc4c3c2)c2c(oc3ccccc23)C2c3c(cc(N(c4ccccc4)c4ccc5oc6ccccc6c5c4)c4oc5ccccc5c34)C(c3ccccc3)(c3ccccc3)C12. The van der Waals surface area contributed by atoms with E-state index >= 15 is 0 Å². The predicted molar refractivity (Wildman–Crippen MR) is 320 cm³/mol. The molecular formula is C73H46N2O4. The Balaban J connectivity index is 1.03. The Kier molecular flexibility index (Phi) is 9.36. The van der Waals surface area contributed by atoms with E-state index in [0.717, 1.165) is 122 Å². The molecule has 2 aliphatic rings. The number of benzene rings is 11. The third-order valence-corrected chi connectivity index (χ3v) is 17.0. The molecule has 17 rings (SSSR count). The fraction of sp³-hybridized carbons (Fsp3) is 0.0411. The normalized spacial score (nSPS) is 15.5. The summed E-state index contributed by atoms with van der Waals surface area (Å²) in [5, 5.41) is 7.42. The van der Waals surface area contributed by atoms with Crippen LogP contribution in [0.3, 0.4) is 0 Å². The summed E-state index contributed by atoms with van der Waals surface area (Å²) in [5.74, 6) is 0.396. The van der Waals surface area contributed by atoms with Gasteiger partial charge in [-0.2, -0.15) is 0 Å². The van der Waals surface area contributed by atoms with Crippen molar-refractivity contribution in [2.45, 2.75) is 11.3 Å². The third-order valence-electron chi connectivity index (χ3n) is 17.0. The zero-order valence-electron chi connectivity index (χ0n) is 42.6. The summed E-state index contributed by atoms with van der Waals surface area (Å²) in [6.07, 6.45) is 2.60. The standard InChI is InChI=1S/C73H46N2O4/c1-5-21-45(22-6-1)73(46-23-7-2-8-24-46)57-44-60(75(48-27-11-4-12-28-48)50-38-40-66-56(42-50)52-30-14-18-34-62(52)77-66)71-68(54-32-16-20-36-64(54)78-71)69(57)70-58(73)43-59(67-53-31-15-19-35-63(53)79-72(67)70)74(47-25-9-3-10-26-47)49-37-39-65-55(41-49)51-29-13-17-33-61(51)76-65/h1-44,58,70H. The monoisotopic (exact) mass is 1010 g/mol. The molecule has 0 bridgehead atoms. The second kappa shape index (κ2) is 16.8. The van der Waals surface area contributed by atoms with Crippen molar-refractivity contribution in [3.63, 3.8) is 0 Å². The van der Waals surface area contributed by atoms with Crippen LogP contribution in [0.5, 0.6) is 0 Å². The first-order valence-electron chi connectivity index (χ1n) is 27.1. The molecule has 4 aromatic heterocycles. The summed E-state index contributed by atoms with van der Waals surface area (Å²) in [6.45, 7) is 0. The van der Waals surface area contributed by atoms with Gasteiger partial charge in [-0.25, -0.2) is 0 Å². The van der Waals surface area contributed by atoms with E-state index < -0.39 is 5.41 Å². The van der Waals surface area contributed by atoms with Gasteiger partial charge in [0.15, 0.2) is 5.58 Å². The molecule has 2 unspecified atom stereocenters.